The van der Waals surface area contributed by atoms with Crippen LogP contribution in [0.4, 0.5) is 0 Å². The van der Waals surface area contributed by atoms with Crippen molar-refractivity contribution in [3.05, 3.63) is 89.5 Å². The molecule has 3 rings (SSSR count). The first-order chi connectivity index (χ1) is 14.4. The summed E-state index contributed by atoms with van der Waals surface area (Å²) < 4.78 is 35.1. The number of carbonyl (C=O) groups is 1. The molecule has 0 aliphatic rings. The first-order valence-electron chi connectivity index (χ1n) is 8.97. The lowest BCUT2D eigenvalue weighted by molar-refractivity contribution is 0.0952. The number of hydrogen-bond acceptors (Lipinski definition) is 6. The number of amides is 1. The summed E-state index contributed by atoms with van der Waals surface area (Å²) in [4.78, 5) is 12.4. The third-order valence-electron chi connectivity index (χ3n) is 4.08. The molecule has 3 aromatic rings. The van der Waals surface area contributed by atoms with Gasteiger partial charge in [0, 0.05) is 0 Å². The van der Waals surface area contributed by atoms with E-state index >= 15 is 0 Å². The predicted molar refractivity (Wildman–Crippen MR) is 113 cm³/mol. The van der Waals surface area contributed by atoms with Gasteiger partial charge >= 0.3 is 10.1 Å². The molecular formula is C22H20N2O5S. The molecule has 0 heterocycles. The van der Waals surface area contributed by atoms with Crippen LogP contribution in [0, 0.1) is 6.92 Å². The van der Waals surface area contributed by atoms with Gasteiger partial charge in [0.1, 0.15) is 16.4 Å². The Bertz CT molecular complexity index is 1180. The van der Waals surface area contributed by atoms with E-state index in [2.05, 4.69) is 10.5 Å². The molecule has 0 spiro atoms. The zero-order valence-corrected chi connectivity index (χ0v) is 17.2. The molecule has 8 heteroatoms. The molecule has 3 aromatic carbocycles. The van der Waals surface area contributed by atoms with E-state index in [1.807, 2.05) is 6.92 Å². The van der Waals surface area contributed by atoms with E-state index in [1.54, 1.807) is 48.5 Å². The van der Waals surface area contributed by atoms with E-state index in [0.29, 0.717) is 16.9 Å². The molecule has 0 saturated heterocycles. The van der Waals surface area contributed by atoms with Crippen molar-refractivity contribution in [2.24, 2.45) is 5.10 Å². The molecule has 0 aliphatic heterocycles. The van der Waals surface area contributed by atoms with Crippen LogP contribution in [0.25, 0.3) is 0 Å². The van der Waals surface area contributed by atoms with Crippen LogP contribution in [0.15, 0.2) is 82.8 Å². The van der Waals surface area contributed by atoms with Crippen molar-refractivity contribution in [3.63, 3.8) is 0 Å². The minimum absolute atomic E-state index is 0.0587. The van der Waals surface area contributed by atoms with Crippen LogP contribution in [0.2, 0.25) is 0 Å². The van der Waals surface area contributed by atoms with Crippen molar-refractivity contribution >= 4 is 22.2 Å². The molecule has 30 heavy (non-hydrogen) atoms. The summed E-state index contributed by atoms with van der Waals surface area (Å²) in [6.07, 6.45) is 1.39. The first kappa shape index (κ1) is 21.1. The van der Waals surface area contributed by atoms with E-state index in [9.17, 15) is 13.2 Å². The quantitative estimate of drug-likeness (QED) is 0.356. The fraction of sp³-hybridized carbons (Fsp3) is 0.0909. The van der Waals surface area contributed by atoms with Gasteiger partial charge in [-0.25, -0.2) is 5.43 Å². The molecule has 0 radical (unpaired) electrons. The number of hydrazone groups is 1. The van der Waals surface area contributed by atoms with Gasteiger partial charge in [-0.15, -0.1) is 0 Å². The molecule has 0 unspecified atom stereocenters. The molecule has 1 N–H and O–H groups in total. The summed E-state index contributed by atoms with van der Waals surface area (Å²) in [6, 6.07) is 19.4. The van der Waals surface area contributed by atoms with E-state index < -0.39 is 16.0 Å². The fourth-order valence-electron chi connectivity index (χ4n) is 2.62. The van der Waals surface area contributed by atoms with E-state index in [0.717, 1.165) is 5.56 Å². The summed E-state index contributed by atoms with van der Waals surface area (Å²) >= 11 is 0. The lowest BCUT2D eigenvalue weighted by atomic mass is 10.1. The van der Waals surface area contributed by atoms with Gasteiger partial charge in [-0.1, -0.05) is 36.4 Å². The first-order valence-corrected chi connectivity index (χ1v) is 10.4. The average Bonchev–Trinajstić information content (AvgIpc) is 2.74. The van der Waals surface area contributed by atoms with Crippen molar-refractivity contribution in [1.29, 1.82) is 0 Å². The van der Waals surface area contributed by atoms with Gasteiger partial charge in [0.25, 0.3) is 5.91 Å². The van der Waals surface area contributed by atoms with E-state index in [4.69, 9.17) is 8.92 Å². The number of benzene rings is 3. The minimum atomic E-state index is -3.94. The Balaban J connectivity index is 1.70. The topological polar surface area (TPSA) is 94.1 Å². The van der Waals surface area contributed by atoms with Crippen LogP contribution in [0.1, 0.15) is 21.5 Å². The number of hydrogen-bond donors (Lipinski definition) is 1. The molecule has 0 aliphatic carbocycles. The summed E-state index contributed by atoms with van der Waals surface area (Å²) in [5, 5.41) is 3.93. The Morgan fingerprint density at radius 3 is 2.50 bits per heavy atom. The van der Waals surface area contributed by atoms with Crippen molar-refractivity contribution in [2.75, 3.05) is 7.11 Å². The Labute approximate surface area is 175 Å². The van der Waals surface area contributed by atoms with Crippen LogP contribution in [0.5, 0.6) is 11.5 Å². The summed E-state index contributed by atoms with van der Waals surface area (Å²) in [5.41, 5.74) is 4.29. The SMILES string of the molecule is COc1cc(C)ccc1C(=O)N/N=C\c1cccc(OS(=O)(=O)c2ccccc2)c1. The highest BCUT2D eigenvalue weighted by Gasteiger charge is 2.16. The average molecular weight is 424 g/mol. The Morgan fingerprint density at radius 2 is 1.77 bits per heavy atom. The molecule has 0 atom stereocenters. The normalized spacial score (nSPS) is 11.3. The number of methoxy groups -OCH3 is 1. The van der Waals surface area contributed by atoms with E-state index in [-0.39, 0.29) is 10.6 Å². The highest BCUT2D eigenvalue weighted by Crippen LogP contribution is 2.20. The van der Waals surface area contributed by atoms with Gasteiger partial charge in [0.15, 0.2) is 0 Å². The Hall–Kier alpha value is -3.65. The highest BCUT2D eigenvalue weighted by molar-refractivity contribution is 7.87. The molecule has 0 aromatic heterocycles. The number of rotatable bonds is 7. The Kier molecular flexibility index (Phi) is 6.48. The lowest BCUT2D eigenvalue weighted by Crippen LogP contribution is -2.18. The zero-order chi connectivity index (χ0) is 21.6. The van der Waals surface area contributed by atoms with Crippen LogP contribution in [-0.4, -0.2) is 27.6 Å². The van der Waals surface area contributed by atoms with E-state index in [1.165, 1.54) is 37.6 Å². The van der Waals surface area contributed by atoms with Crippen LogP contribution >= 0.6 is 0 Å². The molecule has 1 amide bonds. The molecular weight excluding hydrogens is 404 g/mol. The number of nitrogens with one attached hydrogen (secondary N) is 1. The third kappa shape index (κ3) is 5.24. The molecule has 0 bridgehead atoms. The third-order valence-corrected chi connectivity index (χ3v) is 5.34. The van der Waals surface area contributed by atoms with Crippen molar-refractivity contribution in [3.8, 4) is 11.5 Å². The van der Waals surface area contributed by atoms with Crippen molar-refractivity contribution < 1.29 is 22.1 Å². The molecule has 0 fully saturated rings. The molecule has 154 valence electrons. The molecule has 0 saturated carbocycles. The molecule has 7 nitrogen and oxygen atoms in total. The maximum Gasteiger partial charge on any atom is 0.339 e. The second-order valence-corrected chi connectivity index (χ2v) is 7.87. The maximum absolute atomic E-state index is 12.3. The Morgan fingerprint density at radius 1 is 1.00 bits per heavy atom. The second-order valence-electron chi connectivity index (χ2n) is 6.33. The fourth-order valence-corrected chi connectivity index (χ4v) is 3.56. The minimum Gasteiger partial charge on any atom is -0.496 e. The number of carbonyl (C=O) groups excluding carboxylic acids is 1. The number of ether oxygens (including phenoxy) is 1. The van der Waals surface area contributed by atoms with Gasteiger partial charge in [-0.05, 0) is 54.4 Å². The smallest absolute Gasteiger partial charge is 0.339 e. The lowest BCUT2D eigenvalue weighted by Gasteiger charge is -2.08. The largest absolute Gasteiger partial charge is 0.496 e. The van der Waals surface area contributed by atoms with Crippen molar-refractivity contribution in [2.45, 2.75) is 11.8 Å². The van der Waals surface area contributed by atoms with Crippen LogP contribution in [-0.2, 0) is 10.1 Å². The van der Waals surface area contributed by atoms with Crippen molar-refractivity contribution in [1.82, 2.24) is 5.43 Å². The summed E-state index contributed by atoms with van der Waals surface area (Å²) in [6.45, 7) is 1.90. The number of nitrogens with zero attached hydrogens (tertiary/aromatic N) is 1. The van der Waals surface area contributed by atoms with Gasteiger partial charge < -0.3 is 8.92 Å². The predicted octanol–water partition coefficient (Wildman–Crippen LogP) is 3.54. The highest BCUT2D eigenvalue weighted by atomic mass is 32.2. The van der Waals surface area contributed by atoms with Gasteiger partial charge in [-0.2, -0.15) is 13.5 Å². The van der Waals surface area contributed by atoms with Crippen LogP contribution < -0.4 is 14.3 Å². The number of aryl methyl sites for hydroxylation is 1. The van der Waals surface area contributed by atoms with Gasteiger partial charge in [0.2, 0.25) is 0 Å². The summed E-state index contributed by atoms with van der Waals surface area (Å²) in [5.74, 6) is 0.153. The monoisotopic (exact) mass is 424 g/mol. The van der Waals surface area contributed by atoms with Crippen LogP contribution in [0.3, 0.4) is 0 Å². The second kappa shape index (κ2) is 9.23. The maximum atomic E-state index is 12.3. The summed E-state index contributed by atoms with van der Waals surface area (Å²) in [7, 11) is -2.45. The zero-order valence-electron chi connectivity index (χ0n) is 16.4. The standard InChI is InChI=1S/C22H20N2O5S/c1-16-11-12-20(21(13-16)28-2)22(25)24-23-15-17-7-6-8-18(14-17)29-30(26,27)19-9-4-3-5-10-19/h3-15H,1-2H3,(H,24,25)/b23-15-. The van der Waals surface area contributed by atoms with Gasteiger partial charge in [0.05, 0.1) is 18.9 Å². The van der Waals surface area contributed by atoms with Gasteiger partial charge in [-0.3, -0.25) is 4.79 Å².